The first-order valence-corrected chi connectivity index (χ1v) is 15.0. The second-order valence-electron chi connectivity index (χ2n) is 12.3. The number of phenols is 1. The molecule has 7 rings (SSSR count). The van der Waals surface area contributed by atoms with Gasteiger partial charge in [-0.1, -0.05) is 47.5 Å². The number of aromatic hydroxyl groups is 1. The standard InChI is InChI=1S/C33H27BClFN2O7/c1-33-24(30(41)38(32(33)43)19-7-12-26(36)25(35)14-19)15-23-21(28(33)16-5-8-20(39)9-6-16)10-11-22-27(23)31(42)37(29(22)40)18-4-2-3-17(13-18)34(44)45/h2-10,12-14,22-24,27-28,39,44-45H,11,15H2,1H3. The summed E-state index contributed by atoms with van der Waals surface area (Å²) in [5.74, 6) is -6.22. The molecule has 1 saturated carbocycles. The van der Waals surface area contributed by atoms with Gasteiger partial charge in [0.2, 0.25) is 23.6 Å². The van der Waals surface area contributed by atoms with Crippen molar-refractivity contribution in [3.05, 3.63) is 94.8 Å². The third-order valence-electron chi connectivity index (χ3n) is 10.1. The van der Waals surface area contributed by atoms with Crippen LogP contribution >= 0.6 is 11.6 Å². The topological polar surface area (TPSA) is 135 Å². The van der Waals surface area contributed by atoms with Crippen molar-refractivity contribution in [3.8, 4) is 5.75 Å². The fraction of sp³-hybridized carbons (Fsp3) is 0.273. The van der Waals surface area contributed by atoms with E-state index < -0.39 is 71.6 Å². The minimum Gasteiger partial charge on any atom is -0.508 e. The number of fused-ring (bicyclic) bond motifs is 4. The minimum absolute atomic E-state index is 0.0179. The van der Waals surface area contributed by atoms with Crippen molar-refractivity contribution in [1.29, 1.82) is 0 Å². The lowest BCUT2D eigenvalue weighted by atomic mass is 9.51. The highest BCUT2D eigenvalue weighted by molar-refractivity contribution is 6.58. The molecule has 9 nitrogen and oxygen atoms in total. The summed E-state index contributed by atoms with van der Waals surface area (Å²) in [5, 5.41) is 29.2. The van der Waals surface area contributed by atoms with Gasteiger partial charge in [-0.05, 0) is 79.2 Å². The van der Waals surface area contributed by atoms with E-state index in [2.05, 4.69) is 0 Å². The molecule has 4 aliphatic rings. The average Bonchev–Trinajstić information content (AvgIpc) is 3.38. The van der Waals surface area contributed by atoms with E-state index >= 15 is 0 Å². The monoisotopic (exact) mass is 628 g/mol. The number of halogens is 2. The van der Waals surface area contributed by atoms with Gasteiger partial charge in [-0.25, -0.2) is 9.29 Å². The number of imide groups is 2. The van der Waals surface area contributed by atoms with Crippen LogP contribution in [0.1, 0.15) is 31.2 Å². The number of nitrogens with zero attached hydrogens (tertiary/aromatic N) is 2. The van der Waals surface area contributed by atoms with Gasteiger partial charge in [0, 0.05) is 5.92 Å². The molecule has 2 saturated heterocycles. The molecule has 0 bridgehead atoms. The minimum atomic E-state index is -1.79. The van der Waals surface area contributed by atoms with Gasteiger partial charge >= 0.3 is 7.12 Å². The largest absolute Gasteiger partial charge is 0.508 e. The number of benzene rings is 3. The molecule has 2 aliphatic heterocycles. The summed E-state index contributed by atoms with van der Waals surface area (Å²) in [7, 11) is -1.79. The molecule has 2 aliphatic carbocycles. The summed E-state index contributed by atoms with van der Waals surface area (Å²) in [5.41, 5.74) is 0.598. The molecule has 45 heavy (non-hydrogen) atoms. The maximum absolute atomic E-state index is 14.4. The molecular formula is C33H27BClFN2O7. The van der Waals surface area contributed by atoms with Gasteiger partial charge in [-0.15, -0.1) is 0 Å². The molecule has 0 spiro atoms. The Morgan fingerprint density at radius 3 is 2.29 bits per heavy atom. The average molecular weight is 629 g/mol. The summed E-state index contributed by atoms with van der Waals surface area (Å²) < 4.78 is 14.0. The van der Waals surface area contributed by atoms with E-state index in [0.29, 0.717) is 5.56 Å². The maximum Gasteiger partial charge on any atom is 0.488 e. The number of carbonyl (C=O) groups excluding carboxylic acids is 4. The van der Waals surface area contributed by atoms with Crippen LogP contribution in [0, 0.1) is 34.9 Å². The maximum atomic E-state index is 14.4. The molecule has 3 fully saturated rings. The molecule has 0 radical (unpaired) electrons. The van der Waals surface area contributed by atoms with Gasteiger partial charge in [-0.2, -0.15) is 0 Å². The Kier molecular flexibility index (Phi) is 6.77. The first-order chi connectivity index (χ1) is 21.4. The molecule has 6 unspecified atom stereocenters. The zero-order valence-corrected chi connectivity index (χ0v) is 24.7. The second kappa shape index (κ2) is 10.4. The Morgan fingerprint density at radius 1 is 0.889 bits per heavy atom. The Labute approximate surface area is 262 Å². The third kappa shape index (κ3) is 4.21. The van der Waals surface area contributed by atoms with Crippen molar-refractivity contribution < 1.29 is 38.7 Å². The van der Waals surface area contributed by atoms with Crippen molar-refractivity contribution in [2.75, 3.05) is 9.80 Å². The highest BCUT2D eigenvalue weighted by atomic mass is 35.5. The van der Waals surface area contributed by atoms with E-state index in [1.165, 1.54) is 42.5 Å². The Hall–Kier alpha value is -4.32. The highest BCUT2D eigenvalue weighted by Gasteiger charge is 2.67. The van der Waals surface area contributed by atoms with Crippen LogP contribution in [-0.4, -0.2) is 45.9 Å². The normalized spacial score (nSPS) is 29.0. The molecule has 3 N–H and O–H groups in total. The summed E-state index contributed by atoms with van der Waals surface area (Å²) in [4.78, 5) is 58.6. The number of rotatable bonds is 4. The molecule has 0 aromatic heterocycles. The lowest BCUT2D eigenvalue weighted by molar-refractivity contribution is -0.131. The van der Waals surface area contributed by atoms with Crippen molar-refractivity contribution in [2.24, 2.45) is 29.1 Å². The fourth-order valence-corrected chi connectivity index (χ4v) is 8.19. The molecule has 12 heteroatoms. The number of allylic oxidation sites excluding steroid dienone is 2. The van der Waals surface area contributed by atoms with Crippen molar-refractivity contribution in [2.45, 2.75) is 25.7 Å². The smallest absolute Gasteiger partial charge is 0.488 e. The number of phenolic OH excluding ortho intramolecular Hbond substituents is 1. The number of anilines is 2. The zero-order chi connectivity index (χ0) is 31.9. The summed E-state index contributed by atoms with van der Waals surface area (Å²) in [6, 6.07) is 16.0. The van der Waals surface area contributed by atoms with Crippen LogP contribution in [0.4, 0.5) is 15.8 Å². The van der Waals surface area contributed by atoms with E-state index in [1.807, 2.05) is 6.08 Å². The van der Waals surface area contributed by atoms with E-state index in [4.69, 9.17) is 11.6 Å². The van der Waals surface area contributed by atoms with Crippen molar-refractivity contribution in [1.82, 2.24) is 0 Å². The lowest BCUT2D eigenvalue weighted by Crippen LogP contribution is -2.48. The van der Waals surface area contributed by atoms with Crippen LogP contribution in [-0.2, 0) is 19.2 Å². The van der Waals surface area contributed by atoms with E-state index in [9.17, 15) is 38.7 Å². The molecule has 6 atom stereocenters. The predicted octanol–water partition coefficient (Wildman–Crippen LogP) is 3.30. The second-order valence-corrected chi connectivity index (χ2v) is 12.7. The quantitative estimate of drug-likeness (QED) is 0.229. The highest BCUT2D eigenvalue weighted by Crippen LogP contribution is 2.63. The fourth-order valence-electron chi connectivity index (χ4n) is 8.01. The van der Waals surface area contributed by atoms with E-state index in [-0.39, 0.29) is 40.5 Å². The van der Waals surface area contributed by atoms with Gasteiger partial charge in [0.15, 0.2) is 0 Å². The Balaban J connectivity index is 1.34. The van der Waals surface area contributed by atoms with Crippen LogP contribution < -0.4 is 15.3 Å². The summed E-state index contributed by atoms with van der Waals surface area (Å²) in [6.45, 7) is 1.73. The molecule has 3 aromatic carbocycles. The molecule has 4 amide bonds. The van der Waals surface area contributed by atoms with Gasteiger partial charge in [0.1, 0.15) is 11.6 Å². The van der Waals surface area contributed by atoms with E-state index in [0.717, 1.165) is 21.4 Å². The summed E-state index contributed by atoms with van der Waals surface area (Å²) in [6.07, 6.45) is 2.26. The van der Waals surface area contributed by atoms with Crippen LogP contribution in [0.15, 0.2) is 78.4 Å². The lowest BCUT2D eigenvalue weighted by Gasteiger charge is -2.49. The third-order valence-corrected chi connectivity index (χ3v) is 10.4. The van der Waals surface area contributed by atoms with Gasteiger partial charge in [0.05, 0.1) is 39.6 Å². The van der Waals surface area contributed by atoms with Crippen LogP contribution in [0.3, 0.4) is 0 Å². The van der Waals surface area contributed by atoms with E-state index in [1.54, 1.807) is 25.1 Å². The number of amides is 4. The SMILES string of the molecule is CC12C(=O)N(c3ccc(F)c(Cl)c3)C(=O)C1CC1C(=CCC3C(=O)N(c4cccc(B(O)O)c4)C(=O)C31)C2c1ccc(O)cc1. The number of hydrogen-bond donors (Lipinski definition) is 3. The van der Waals surface area contributed by atoms with Gasteiger partial charge < -0.3 is 15.2 Å². The first kappa shape index (κ1) is 29.4. The van der Waals surface area contributed by atoms with Crippen LogP contribution in [0.5, 0.6) is 5.75 Å². The first-order valence-electron chi connectivity index (χ1n) is 14.6. The van der Waals surface area contributed by atoms with Crippen LogP contribution in [0.25, 0.3) is 0 Å². The Bertz CT molecular complexity index is 1830. The van der Waals surface area contributed by atoms with Gasteiger partial charge in [-0.3, -0.25) is 24.1 Å². The van der Waals surface area contributed by atoms with Crippen molar-refractivity contribution >= 4 is 59.2 Å². The number of hydrogen-bond acceptors (Lipinski definition) is 7. The zero-order valence-electron chi connectivity index (χ0n) is 23.9. The number of carbonyl (C=O) groups is 4. The summed E-state index contributed by atoms with van der Waals surface area (Å²) >= 11 is 6.04. The van der Waals surface area contributed by atoms with Gasteiger partial charge in [0.25, 0.3) is 0 Å². The van der Waals surface area contributed by atoms with Crippen LogP contribution in [0.2, 0.25) is 5.02 Å². The Morgan fingerprint density at radius 2 is 1.60 bits per heavy atom. The molecule has 228 valence electrons. The molecule has 3 aromatic rings. The predicted molar refractivity (Wildman–Crippen MR) is 163 cm³/mol. The molecule has 2 heterocycles. The van der Waals surface area contributed by atoms with Crippen molar-refractivity contribution in [3.63, 3.8) is 0 Å². The molecular weight excluding hydrogens is 602 g/mol.